The number of benzene rings is 2. The summed E-state index contributed by atoms with van der Waals surface area (Å²) < 4.78 is 15.2. The minimum absolute atomic E-state index is 0.0562. The molecule has 1 aliphatic carbocycles. The van der Waals surface area contributed by atoms with Crippen molar-refractivity contribution in [2.45, 2.75) is 37.8 Å². The average Bonchev–Trinajstić information content (AvgIpc) is 3.53. The second kappa shape index (κ2) is 11.3. The predicted molar refractivity (Wildman–Crippen MR) is 151 cm³/mol. The quantitative estimate of drug-likeness (QED) is 0.393. The molecule has 1 amide bonds. The molecule has 39 heavy (non-hydrogen) atoms. The third kappa shape index (κ3) is 4.96. The first kappa shape index (κ1) is 25.7. The number of likely N-dealkylation sites (tertiary alicyclic amines) is 1. The van der Waals surface area contributed by atoms with E-state index in [0.717, 1.165) is 55.7 Å². The minimum atomic E-state index is -0.0909. The van der Waals surface area contributed by atoms with Gasteiger partial charge in [0.05, 0.1) is 43.6 Å². The van der Waals surface area contributed by atoms with E-state index in [2.05, 4.69) is 50.9 Å². The third-order valence-electron chi connectivity index (χ3n) is 8.20. The highest BCUT2D eigenvalue weighted by Crippen LogP contribution is 2.39. The lowest BCUT2D eigenvalue weighted by Gasteiger charge is -2.43. The van der Waals surface area contributed by atoms with Crippen LogP contribution >= 0.6 is 11.5 Å². The van der Waals surface area contributed by atoms with Crippen molar-refractivity contribution in [3.05, 3.63) is 82.9 Å². The Morgan fingerprint density at radius 2 is 1.69 bits per heavy atom. The Bertz CT molecular complexity index is 1350. The molecular weight excluding hydrogens is 510 g/mol. The highest BCUT2D eigenvalue weighted by Gasteiger charge is 2.43. The number of carbonyl (C=O) groups excluding carboxylic acids is 1. The van der Waals surface area contributed by atoms with Gasteiger partial charge >= 0.3 is 0 Å². The van der Waals surface area contributed by atoms with Crippen molar-refractivity contribution in [2.24, 2.45) is 16.9 Å². The minimum Gasteiger partial charge on any atom is -0.493 e. The van der Waals surface area contributed by atoms with E-state index in [1.165, 1.54) is 17.1 Å². The van der Waals surface area contributed by atoms with Gasteiger partial charge in [-0.2, -0.15) is 5.10 Å². The molecule has 9 heteroatoms. The second-order valence-electron chi connectivity index (χ2n) is 10.3. The predicted octanol–water partition coefficient (Wildman–Crippen LogP) is 4.94. The number of nitrogens with zero attached hydrogens (tertiary/aromatic N) is 5. The monoisotopic (exact) mass is 543 g/mol. The number of carbonyl (C=O) groups is 1. The molecule has 3 aromatic rings. The Balaban J connectivity index is 1.27. The Hall–Kier alpha value is -3.56. The molecule has 8 nitrogen and oxygen atoms in total. The van der Waals surface area contributed by atoms with Crippen molar-refractivity contribution in [2.75, 3.05) is 27.3 Å². The third-order valence-corrected chi connectivity index (χ3v) is 8.73. The lowest BCUT2D eigenvalue weighted by molar-refractivity contribution is -0.141. The number of allylic oxidation sites excluding steroid dienone is 2. The summed E-state index contributed by atoms with van der Waals surface area (Å²) in [6.07, 6.45) is 7.58. The molecule has 1 fully saturated rings. The van der Waals surface area contributed by atoms with E-state index >= 15 is 0 Å². The summed E-state index contributed by atoms with van der Waals surface area (Å²) in [5.41, 5.74) is 4.13. The van der Waals surface area contributed by atoms with Gasteiger partial charge in [0, 0.05) is 30.0 Å². The number of methoxy groups -OCH3 is 2. The van der Waals surface area contributed by atoms with E-state index in [4.69, 9.17) is 14.6 Å². The number of hydrazone groups is 1. The molecule has 0 saturated carbocycles. The molecule has 0 N–H and O–H groups in total. The van der Waals surface area contributed by atoms with Crippen molar-refractivity contribution in [3.8, 4) is 11.5 Å². The van der Waals surface area contributed by atoms with E-state index in [-0.39, 0.29) is 29.8 Å². The van der Waals surface area contributed by atoms with Gasteiger partial charge in [0.15, 0.2) is 11.5 Å². The maximum absolute atomic E-state index is 13.8. The summed E-state index contributed by atoms with van der Waals surface area (Å²) in [6.45, 7) is 1.70. The molecular formula is C30H33N5O3S. The van der Waals surface area contributed by atoms with E-state index < -0.39 is 0 Å². The first-order chi connectivity index (χ1) is 19.2. The van der Waals surface area contributed by atoms with Gasteiger partial charge in [-0.25, -0.2) is 5.01 Å². The van der Waals surface area contributed by atoms with Gasteiger partial charge in [0.1, 0.15) is 0 Å². The molecule has 1 saturated heterocycles. The zero-order chi connectivity index (χ0) is 26.8. The molecule has 2 aliphatic heterocycles. The van der Waals surface area contributed by atoms with E-state index in [0.29, 0.717) is 11.5 Å². The van der Waals surface area contributed by atoms with Crippen LogP contribution in [0.25, 0.3) is 0 Å². The second-order valence-corrected chi connectivity index (χ2v) is 10.9. The van der Waals surface area contributed by atoms with Gasteiger partial charge in [-0.1, -0.05) is 47.0 Å². The zero-order valence-corrected chi connectivity index (χ0v) is 23.1. The summed E-state index contributed by atoms with van der Waals surface area (Å²) in [5, 5.41) is 13.3. The summed E-state index contributed by atoms with van der Waals surface area (Å²) in [4.78, 5) is 16.3. The largest absolute Gasteiger partial charge is 0.493 e. The fourth-order valence-corrected chi connectivity index (χ4v) is 6.68. The number of aromatic nitrogens is 2. The number of hydrogen-bond acceptors (Lipinski definition) is 8. The highest BCUT2D eigenvalue weighted by molar-refractivity contribution is 7.03. The number of piperidine rings is 1. The van der Waals surface area contributed by atoms with Crippen molar-refractivity contribution in [1.29, 1.82) is 0 Å². The van der Waals surface area contributed by atoms with Gasteiger partial charge in [-0.15, -0.1) is 5.10 Å². The molecule has 0 radical (unpaired) electrons. The summed E-state index contributed by atoms with van der Waals surface area (Å²) >= 11 is 1.38. The van der Waals surface area contributed by atoms with Crippen LogP contribution in [-0.2, 0) is 4.79 Å². The summed E-state index contributed by atoms with van der Waals surface area (Å²) in [7, 11) is 3.28. The molecule has 3 heterocycles. The lowest BCUT2D eigenvalue weighted by Crippen LogP contribution is -2.52. The van der Waals surface area contributed by atoms with Crippen LogP contribution in [0.5, 0.6) is 11.5 Å². The summed E-state index contributed by atoms with van der Waals surface area (Å²) in [5.74, 6) is 1.47. The number of fused-ring (bicyclic) bond motifs is 1. The Kier molecular flexibility index (Phi) is 7.43. The van der Waals surface area contributed by atoms with Crippen LogP contribution in [0, 0.1) is 11.8 Å². The van der Waals surface area contributed by atoms with Crippen LogP contribution < -0.4 is 9.47 Å². The standard InChI is InChI=1S/C30H33N5O3S/c1-37-26-13-12-21(18-27(26)38-2)28-23-10-6-7-11-24(23)30(36)35(32-28)22-14-16-34(17-15-22)29(25-19-39-33-31-25)20-8-4-3-5-9-20/h3-9,12-13,18-19,22-24,29H,10-11,14-17H2,1-2H3/t23-,24+,29?/m0/s1. The Morgan fingerprint density at radius 1 is 0.949 bits per heavy atom. The van der Waals surface area contributed by atoms with E-state index in [1.807, 2.05) is 34.7 Å². The molecule has 1 aromatic heterocycles. The average molecular weight is 544 g/mol. The Labute approximate surface area is 233 Å². The van der Waals surface area contributed by atoms with Crippen LogP contribution in [0.1, 0.15) is 48.5 Å². The zero-order valence-electron chi connectivity index (χ0n) is 22.3. The molecule has 202 valence electrons. The van der Waals surface area contributed by atoms with Gasteiger partial charge in [-0.05, 0) is 61.0 Å². The molecule has 3 aliphatic rings. The smallest absolute Gasteiger partial charge is 0.247 e. The van der Waals surface area contributed by atoms with Gasteiger partial charge in [0.25, 0.3) is 0 Å². The first-order valence-corrected chi connectivity index (χ1v) is 14.4. The molecule has 1 unspecified atom stereocenters. The van der Waals surface area contributed by atoms with Gasteiger partial charge < -0.3 is 9.47 Å². The van der Waals surface area contributed by atoms with Crippen molar-refractivity contribution in [3.63, 3.8) is 0 Å². The van der Waals surface area contributed by atoms with Crippen LogP contribution in [0.15, 0.2) is 71.2 Å². The number of amides is 1. The van der Waals surface area contributed by atoms with Crippen LogP contribution in [0.3, 0.4) is 0 Å². The molecule has 2 aromatic carbocycles. The van der Waals surface area contributed by atoms with Gasteiger partial charge in [-0.3, -0.25) is 9.69 Å². The molecule has 0 spiro atoms. The topological polar surface area (TPSA) is 80.2 Å². The van der Waals surface area contributed by atoms with Gasteiger partial charge in [0.2, 0.25) is 5.91 Å². The number of ether oxygens (including phenoxy) is 2. The number of rotatable bonds is 7. The normalized spacial score (nSPS) is 22.8. The summed E-state index contributed by atoms with van der Waals surface area (Å²) in [6, 6.07) is 16.5. The SMILES string of the molecule is COc1ccc(C2=NN(C3CCN(C(c4ccccc4)c4csnn4)CC3)C(=O)[C@@H]3CC=CC[C@H]23)cc1OC. The van der Waals surface area contributed by atoms with Crippen molar-refractivity contribution < 1.29 is 14.3 Å². The molecule has 6 rings (SSSR count). The van der Waals surface area contributed by atoms with Crippen LogP contribution in [-0.4, -0.2) is 64.5 Å². The lowest BCUT2D eigenvalue weighted by atomic mass is 9.76. The molecule has 0 bridgehead atoms. The van der Waals surface area contributed by atoms with E-state index in [9.17, 15) is 4.79 Å². The number of hydrogen-bond donors (Lipinski definition) is 0. The van der Waals surface area contributed by atoms with E-state index in [1.54, 1.807) is 14.2 Å². The maximum Gasteiger partial charge on any atom is 0.247 e. The van der Waals surface area contributed by atoms with Crippen LogP contribution in [0.4, 0.5) is 0 Å². The van der Waals surface area contributed by atoms with Crippen LogP contribution in [0.2, 0.25) is 0 Å². The van der Waals surface area contributed by atoms with Crippen molar-refractivity contribution in [1.82, 2.24) is 19.5 Å². The maximum atomic E-state index is 13.8. The Morgan fingerprint density at radius 3 is 2.38 bits per heavy atom. The first-order valence-electron chi connectivity index (χ1n) is 13.5. The van der Waals surface area contributed by atoms with Crippen molar-refractivity contribution >= 4 is 23.2 Å². The molecule has 3 atom stereocenters. The fourth-order valence-electron chi connectivity index (χ4n) is 6.21. The highest BCUT2D eigenvalue weighted by atomic mass is 32.1. The fraction of sp³-hybridized carbons (Fsp3) is 0.400.